The van der Waals surface area contributed by atoms with Gasteiger partial charge in [0.15, 0.2) is 0 Å². The Morgan fingerprint density at radius 1 is 1.44 bits per heavy atom. The van der Waals surface area contributed by atoms with Crippen molar-refractivity contribution >= 4 is 11.8 Å². The molecule has 0 aromatic carbocycles. The fourth-order valence-electron chi connectivity index (χ4n) is 2.30. The summed E-state index contributed by atoms with van der Waals surface area (Å²) in [7, 11) is 0. The first-order valence-electron chi connectivity index (χ1n) is 6.35. The summed E-state index contributed by atoms with van der Waals surface area (Å²) in [5.41, 5.74) is 10.00. The van der Waals surface area contributed by atoms with E-state index in [0.717, 1.165) is 25.7 Å². The molecule has 0 heterocycles. The van der Waals surface area contributed by atoms with Crippen LogP contribution in [0.25, 0.3) is 0 Å². The van der Waals surface area contributed by atoms with Gasteiger partial charge in [0.1, 0.15) is 0 Å². The molecule has 1 aliphatic carbocycles. The summed E-state index contributed by atoms with van der Waals surface area (Å²) in [6.07, 6.45) is 3.22. The quantitative estimate of drug-likeness (QED) is 0.518. The van der Waals surface area contributed by atoms with Crippen molar-refractivity contribution in [3.8, 4) is 0 Å². The topological polar surface area (TPSA) is 118 Å². The molecule has 6 heteroatoms. The zero-order valence-corrected chi connectivity index (χ0v) is 10.8. The first kappa shape index (κ1) is 14.9. The molecule has 6 nitrogen and oxygen atoms in total. The van der Waals surface area contributed by atoms with E-state index >= 15 is 0 Å². The van der Waals surface area contributed by atoms with Gasteiger partial charge >= 0.3 is 0 Å². The average Bonchev–Trinajstić information content (AvgIpc) is 2.31. The maximum absolute atomic E-state index is 11.8. The van der Waals surface area contributed by atoms with Gasteiger partial charge in [-0.2, -0.15) is 0 Å². The van der Waals surface area contributed by atoms with Gasteiger partial charge in [0.2, 0.25) is 11.8 Å². The Bertz CT molecular complexity index is 312. The highest BCUT2D eigenvalue weighted by Gasteiger charge is 2.36. The van der Waals surface area contributed by atoms with Crippen LogP contribution in [-0.2, 0) is 9.59 Å². The zero-order valence-electron chi connectivity index (χ0n) is 10.8. The molecule has 0 bridgehead atoms. The number of primary amides is 1. The maximum Gasteiger partial charge on any atom is 0.237 e. The third-order valence-corrected chi connectivity index (χ3v) is 3.68. The molecule has 1 fully saturated rings. The number of aliphatic hydroxyl groups excluding tert-OH is 1. The van der Waals surface area contributed by atoms with E-state index in [1.54, 1.807) is 0 Å². The van der Waals surface area contributed by atoms with Crippen LogP contribution < -0.4 is 16.8 Å². The SMILES string of the molecule is CC1CCC(CO)(NC(=O)C(N)CC(N)=O)CC1. The predicted octanol–water partition coefficient (Wildman–Crippen LogP) is -0.753. The summed E-state index contributed by atoms with van der Waals surface area (Å²) in [5.74, 6) is -0.411. The lowest BCUT2D eigenvalue weighted by atomic mass is 9.77. The van der Waals surface area contributed by atoms with Crippen LogP contribution in [0.1, 0.15) is 39.0 Å². The van der Waals surface area contributed by atoms with Gasteiger partial charge < -0.3 is 21.9 Å². The number of nitrogens with two attached hydrogens (primary N) is 2. The molecule has 2 amide bonds. The summed E-state index contributed by atoms with van der Waals surface area (Å²) in [4.78, 5) is 22.5. The molecule has 1 unspecified atom stereocenters. The molecule has 0 aromatic heterocycles. The lowest BCUT2D eigenvalue weighted by Crippen LogP contribution is -2.57. The largest absolute Gasteiger partial charge is 0.394 e. The first-order valence-corrected chi connectivity index (χ1v) is 6.35. The van der Waals surface area contributed by atoms with Crippen molar-refractivity contribution in [1.82, 2.24) is 5.32 Å². The van der Waals surface area contributed by atoms with Crippen LogP contribution in [0.15, 0.2) is 0 Å². The molecule has 1 rings (SSSR count). The number of nitrogens with one attached hydrogen (secondary N) is 1. The van der Waals surface area contributed by atoms with E-state index in [9.17, 15) is 14.7 Å². The number of aliphatic hydroxyl groups is 1. The first-order chi connectivity index (χ1) is 8.38. The van der Waals surface area contributed by atoms with E-state index in [0.29, 0.717) is 5.92 Å². The molecule has 0 radical (unpaired) electrons. The fourth-order valence-corrected chi connectivity index (χ4v) is 2.30. The van der Waals surface area contributed by atoms with Crippen LogP contribution in [0.3, 0.4) is 0 Å². The summed E-state index contributed by atoms with van der Waals surface area (Å²) >= 11 is 0. The Morgan fingerprint density at radius 2 is 2.00 bits per heavy atom. The van der Waals surface area contributed by atoms with Gasteiger partial charge in [-0.3, -0.25) is 9.59 Å². The van der Waals surface area contributed by atoms with Crippen LogP contribution >= 0.6 is 0 Å². The van der Waals surface area contributed by atoms with Crippen molar-refractivity contribution in [2.75, 3.05) is 6.61 Å². The highest BCUT2D eigenvalue weighted by molar-refractivity contribution is 5.87. The third-order valence-electron chi connectivity index (χ3n) is 3.68. The van der Waals surface area contributed by atoms with Gasteiger partial charge in [-0.25, -0.2) is 0 Å². The Morgan fingerprint density at radius 3 is 2.44 bits per heavy atom. The van der Waals surface area contributed by atoms with E-state index in [2.05, 4.69) is 12.2 Å². The summed E-state index contributed by atoms with van der Waals surface area (Å²) in [6.45, 7) is 2.05. The zero-order chi connectivity index (χ0) is 13.8. The molecule has 1 aliphatic rings. The lowest BCUT2D eigenvalue weighted by molar-refractivity contribution is -0.128. The number of rotatable bonds is 5. The van der Waals surface area contributed by atoms with E-state index in [1.165, 1.54) is 0 Å². The van der Waals surface area contributed by atoms with E-state index < -0.39 is 23.4 Å². The van der Waals surface area contributed by atoms with Crippen LogP contribution in [0, 0.1) is 5.92 Å². The summed E-state index contributed by atoms with van der Waals surface area (Å²) in [6, 6.07) is -0.940. The minimum Gasteiger partial charge on any atom is -0.394 e. The van der Waals surface area contributed by atoms with Crippen LogP contribution in [0.4, 0.5) is 0 Å². The Balaban J connectivity index is 2.57. The van der Waals surface area contributed by atoms with Crippen molar-refractivity contribution in [3.05, 3.63) is 0 Å². The number of hydrogen-bond donors (Lipinski definition) is 4. The second-order valence-electron chi connectivity index (χ2n) is 5.39. The number of carbonyl (C=O) groups is 2. The van der Waals surface area contributed by atoms with Crippen molar-refractivity contribution < 1.29 is 14.7 Å². The molecule has 1 saturated carbocycles. The minimum absolute atomic E-state index is 0.102. The van der Waals surface area contributed by atoms with Gasteiger partial charge in [-0.05, 0) is 31.6 Å². The van der Waals surface area contributed by atoms with Gasteiger partial charge in [-0.15, -0.1) is 0 Å². The lowest BCUT2D eigenvalue weighted by Gasteiger charge is -2.39. The normalized spacial score (nSPS) is 29.6. The summed E-state index contributed by atoms with van der Waals surface area (Å²) < 4.78 is 0. The van der Waals surface area contributed by atoms with Crippen molar-refractivity contribution in [1.29, 1.82) is 0 Å². The van der Waals surface area contributed by atoms with Gasteiger partial charge in [0, 0.05) is 0 Å². The Kier molecular flexibility index (Phi) is 5.10. The number of amides is 2. The number of hydrogen-bond acceptors (Lipinski definition) is 4. The average molecular weight is 257 g/mol. The minimum atomic E-state index is -0.940. The highest BCUT2D eigenvalue weighted by atomic mass is 16.3. The van der Waals surface area contributed by atoms with E-state index in [-0.39, 0.29) is 13.0 Å². The fraction of sp³-hybridized carbons (Fsp3) is 0.833. The molecule has 0 spiro atoms. The molecule has 1 atom stereocenters. The molecular formula is C12H23N3O3. The Labute approximate surface area is 107 Å². The predicted molar refractivity (Wildman–Crippen MR) is 67.4 cm³/mol. The molecule has 18 heavy (non-hydrogen) atoms. The second-order valence-corrected chi connectivity index (χ2v) is 5.39. The van der Waals surface area contributed by atoms with Crippen molar-refractivity contribution in [2.24, 2.45) is 17.4 Å². The van der Waals surface area contributed by atoms with E-state index in [1.807, 2.05) is 0 Å². The van der Waals surface area contributed by atoms with Gasteiger partial charge in [0.05, 0.1) is 24.6 Å². The molecule has 6 N–H and O–H groups in total. The van der Waals surface area contributed by atoms with Gasteiger partial charge in [-0.1, -0.05) is 6.92 Å². The standard InChI is InChI=1S/C12H23N3O3/c1-8-2-4-12(7-16,5-3-8)15-11(18)9(13)6-10(14)17/h8-9,16H,2-7,13H2,1H3,(H2,14,17)(H,15,18). The molecular weight excluding hydrogens is 234 g/mol. The molecule has 0 aromatic rings. The van der Waals surface area contributed by atoms with E-state index in [4.69, 9.17) is 11.5 Å². The van der Waals surface area contributed by atoms with Crippen molar-refractivity contribution in [2.45, 2.75) is 50.6 Å². The third kappa shape index (κ3) is 3.96. The monoisotopic (exact) mass is 257 g/mol. The Hall–Kier alpha value is -1.14. The second kappa shape index (κ2) is 6.15. The van der Waals surface area contributed by atoms with Crippen LogP contribution in [-0.4, -0.2) is 35.1 Å². The van der Waals surface area contributed by atoms with Gasteiger partial charge in [0.25, 0.3) is 0 Å². The maximum atomic E-state index is 11.8. The number of carbonyl (C=O) groups excluding carboxylic acids is 2. The van der Waals surface area contributed by atoms with Crippen LogP contribution in [0.2, 0.25) is 0 Å². The highest BCUT2D eigenvalue weighted by Crippen LogP contribution is 2.31. The summed E-state index contributed by atoms with van der Waals surface area (Å²) in [5, 5.41) is 12.3. The molecule has 104 valence electrons. The smallest absolute Gasteiger partial charge is 0.237 e. The molecule has 0 saturated heterocycles. The van der Waals surface area contributed by atoms with Crippen LogP contribution in [0.5, 0.6) is 0 Å². The molecule has 0 aliphatic heterocycles. The van der Waals surface area contributed by atoms with Crippen molar-refractivity contribution in [3.63, 3.8) is 0 Å².